The number of phenolic OH excluding ortho intramolecular Hbond substituents is 1. The Hall–Kier alpha value is -2.20. The van der Waals surface area contributed by atoms with Crippen LogP contribution in [-0.2, 0) is 11.2 Å². The normalized spacial score (nSPS) is 11.0. The van der Waals surface area contributed by atoms with Crippen LogP contribution in [0, 0.1) is 12.3 Å². The van der Waals surface area contributed by atoms with Gasteiger partial charge in [-0.15, -0.1) is 0 Å². The third-order valence-corrected chi connectivity index (χ3v) is 5.67. The number of nitrogens with two attached hydrogens (primary N) is 1. The second-order valence-electron chi connectivity index (χ2n) is 9.42. The molecule has 0 atom stereocenters. The van der Waals surface area contributed by atoms with E-state index in [2.05, 4.69) is 60.7 Å². The fourth-order valence-corrected chi connectivity index (χ4v) is 2.32. The van der Waals surface area contributed by atoms with Crippen molar-refractivity contribution in [3.05, 3.63) is 47.5 Å². The van der Waals surface area contributed by atoms with Crippen molar-refractivity contribution in [2.24, 2.45) is 5.41 Å². The lowest BCUT2D eigenvalue weighted by atomic mass is 9.79. The quantitative estimate of drug-likeness (QED) is 0.422. The highest BCUT2D eigenvalue weighted by atomic mass is 16.5. The van der Waals surface area contributed by atoms with E-state index in [1.807, 2.05) is 31.2 Å². The van der Waals surface area contributed by atoms with E-state index < -0.39 is 0 Å². The maximum Gasteiger partial charge on any atom is 0.117 e. The zero-order chi connectivity index (χ0) is 24.2. The molecule has 0 unspecified atom stereocenters. The SMILES string of the molecule is CCCC.CCc1cc(N)ccc1Nc1cc(C)cc(O)c1.COC(C)(C)C(C)(C)C. The van der Waals surface area contributed by atoms with Crippen molar-refractivity contribution in [1.82, 2.24) is 0 Å². The predicted octanol–water partition coefficient (Wildman–Crippen LogP) is 7.85. The highest BCUT2D eigenvalue weighted by molar-refractivity contribution is 5.67. The lowest BCUT2D eigenvalue weighted by Gasteiger charge is -2.37. The number of rotatable bonds is 5. The lowest BCUT2D eigenvalue weighted by molar-refractivity contribution is -0.0620. The molecule has 0 amide bonds. The first-order chi connectivity index (χ1) is 14.3. The number of nitrogen functional groups attached to an aromatic ring is 1. The number of hydrogen-bond acceptors (Lipinski definition) is 4. The average Bonchev–Trinajstić information content (AvgIpc) is 2.68. The van der Waals surface area contributed by atoms with Gasteiger partial charge in [-0.05, 0) is 74.1 Å². The van der Waals surface area contributed by atoms with E-state index in [0.717, 1.165) is 34.6 Å². The Morgan fingerprint density at radius 3 is 1.90 bits per heavy atom. The first kappa shape index (κ1) is 28.8. The maximum absolute atomic E-state index is 9.58. The van der Waals surface area contributed by atoms with Crippen molar-refractivity contribution in [2.75, 3.05) is 18.2 Å². The van der Waals surface area contributed by atoms with Gasteiger partial charge < -0.3 is 20.9 Å². The Balaban J connectivity index is 0.000000581. The number of anilines is 3. The number of nitrogens with one attached hydrogen (secondary N) is 1. The molecule has 0 bridgehead atoms. The third kappa shape index (κ3) is 10.6. The molecule has 31 heavy (non-hydrogen) atoms. The van der Waals surface area contributed by atoms with Crippen LogP contribution in [0.3, 0.4) is 0 Å². The number of phenols is 1. The summed E-state index contributed by atoms with van der Waals surface area (Å²) >= 11 is 0. The van der Waals surface area contributed by atoms with Gasteiger partial charge in [-0.25, -0.2) is 0 Å². The largest absolute Gasteiger partial charge is 0.508 e. The molecule has 4 heteroatoms. The van der Waals surface area contributed by atoms with Crippen LogP contribution in [0.1, 0.15) is 79.4 Å². The molecule has 0 saturated carbocycles. The highest BCUT2D eigenvalue weighted by Gasteiger charge is 2.32. The van der Waals surface area contributed by atoms with E-state index >= 15 is 0 Å². The summed E-state index contributed by atoms with van der Waals surface area (Å²) in [5.74, 6) is 0.269. The Kier molecular flexibility index (Phi) is 12.3. The molecule has 176 valence electrons. The Bertz CT molecular complexity index is 755. The fraction of sp³-hybridized carbons (Fsp3) is 0.556. The van der Waals surface area contributed by atoms with Crippen LogP contribution in [0.4, 0.5) is 17.1 Å². The summed E-state index contributed by atoms with van der Waals surface area (Å²) in [6, 6.07) is 11.2. The number of unbranched alkanes of at least 4 members (excludes halogenated alkanes) is 1. The minimum atomic E-state index is -0.0208. The van der Waals surface area contributed by atoms with Crippen LogP contribution < -0.4 is 11.1 Å². The first-order valence-corrected chi connectivity index (χ1v) is 11.3. The van der Waals surface area contributed by atoms with Crippen molar-refractivity contribution in [1.29, 1.82) is 0 Å². The Morgan fingerprint density at radius 1 is 0.935 bits per heavy atom. The van der Waals surface area contributed by atoms with Crippen LogP contribution in [0.15, 0.2) is 36.4 Å². The standard InChI is InChI=1S/C15H18N2O.C8H18O.C4H10/c1-3-11-8-12(16)4-5-15(11)17-13-6-10(2)7-14(18)9-13;1-7(2,3)8(4,5)9-6;1-3-4-2/h4-9,17-18H,3,16H2,1-2H3;1-6H3;3-4H2,1-2H3. The molecular weight excluding hydrogens is 384 g/mol. The number of aromatic hydroxyl groups is 1. The van der Waals surface area contributed by atoms with E-state index in [-0.39, 0.29) is 16.8 Å². The van der Waals surface area contributed by atoms with Crippen molar-refractivity contribution in [2.45, 2.75) is 87.2 Å². The van der Waals surface area contributed by atoms with Gasteiger partial charge in [-0.2, -0.15) is 0 Å². The molecule has 0 saturated heterocycles. The summed E-state index contributed by atoms with van der Waals surface area (Å²) in [4.78, 5) is 0. The topological polar surface area (TPSA) is 67.5 Å². The third-order valence-electron chi connectivity index (χ3n) is 5.67. The van der Waals surface area contributed by atoms with Crippen LogP contribution in [0.2, 0.25) is 0 Å². The fourth-order valence-electron chi connectivity index (χ4n) is 2.32. The molecule has 0 aromatic heterocycles. The van der Waals surface area contributed by atoms with Gasteiger partial charge >= 0.3 is 0 Å². The molecule has 0 aliphatic carbocycles. The molecule has 0 aliphatic rings. The molecule has 0 spiro atoms. The molecule has 0 heterocycles. The number of methoxy groups -OCH3 is 1. The molecule has 0 radical (unpaired) electrons. The Labute approximate surface area is 191 Å². The van der Waals surface area contributed by atoms with Crippen molar-refractivity contribution in [3.63, 3.8) is 0 Å². The molecule has 2 aromatic rings. The predicted molar refractivity (Wildman–Crippen MR) is 137 cm³/mol. The molecule has 2 rings (SSSR count). The zero-order valence-corrected chi connectivity index (χ0v) is 21.5. The minimum absolute atomic E-state index is 0.0208. The van der Waals surface area contributed by atoms with Gasteiger partial charge in [-0.1, -0.05) is 54.4 Å². The summed E-state index contributed by atoms with van der Waals surface area (Å²) in [5, 5.41) is 12.9. The van der Waals surface area contributed by atoms with Crippen molar-refractivity contribution in [3.8, 4) is 5.75 Å². The number of hydrogen-bond donors (Lipinski definition) is 3. The monoisotopic (exact) mass is 430 g/mol. The van der Waals surface area contributed by atoms with E-state index in [1.165, 1.54) is 12.8 Å². The van der Waals surface area contributed by atoms with Crippen molar-refractivity contribution < 1.29 is 9.84 Å². The van der Waals surface area contributed by atoms with E-state index in [1.54, 1.807) is 19.2 Å². The van der Waals surface area contributed by atoms with Crippen LogP contribution >= 0.6 is 0 Å². The summed E-state index contributed by atoms with van der Waals surface area (Å²) in [5.41, 5.74) is 10.8. The Morgan fingerprint density at radius 2 is 1.52 bits per heavy atom. The summed E-state index contributed by atoms with van der Waals surface area (Å²) in [6.07, 6.45) is 3.55. The van der Waals surface area contributed by atoms with Gasteiger partial charge in [0.15, 0.2) is 0 Å². The second-order valence-corrected chi connectivity index (χ2v) is 9.42. The first-order valence-electron chi connectivity index (χ1n) is 11.3. The summed E-state index contributed by atoms with van der Waals surface area (Å²) < 4.78 is 5.30. The van der Waals surface area contributed by atoms with Crippen LogP contribution in [0.5, 0.6) is 5.75 Å². The van der Waals surface area contributed by atoms with E-state index in [0.29, 0.717) is 0 Å². The van der Waals surface area contributed by atoms with Gasteiger partial charge in [0, 0.05) is 30.2 Å². The number of aryl methyl sites for hydroxylation is 2. The van der Waals surface area contributed by atoms with E-state index in [9.17, 15) is 5.11 Å². The van der Waals surface area contributed by atoms with Crippen LogP contribution in [-0.4, -0.2) is 17.8 Å². The molecule has 4 N–H and O–H groups in total. The lowest BCUT2D eigenvalue weighted by Crippen LogP contribution is -2.38. The summed E-state index contributed by atoms with van der Waals surface area (Å²) in [6.45, 7) is 19.1. The van der Waals surface area contributed by atoms with Gasteiger partial charge in [0.1, 0.15) is 5.75 Å². The second kappa shape index (κ2) is 13.3. The molecule has 0 aliphatic heterocycles. The zero-order valence-electron chi connectivity index (χ0n) is 21.5. The van der Waals surface area contributed by atoms with Gasteiger partial charge in [0.2, 0.25) is 0 Å². The smallest absolute Gasteiger partial charge is 0.117 e. The van der Waals surface area contributed by atoms with Crippen molar-refractivity contribution >= 4 is 17.1 Å². The molecule has 4 nitrogen and oxygen atoms in total. The van der Waals surface area contributed by atoms with E-state index in [4.69, 9.17) is 10.5 Å². The van der Waals surface area contributed by atoms with Gasteiger partial charge in [-0.3, -0.25) is 0 Å². The molecule has 0 fully saturated rings. The molecule has 2 aromatic carbocycles. The number of benzene rings is 2. The average molecular weight is 431 g/mol. The van der Waals surface area contributed by atoms with Crippen LogP contribution in [0.25, 0.3) is 0 Å². The number of ether oxygens (including phenoxy) is 1. The van der Waals surface area contributed by atoms with Gasteiger partial charge in [0.25, 0.3) is 0 Å². The maximum atomic E-state index is 9.58. The van der Waals surface area contributed by atoms with Gasteiger partial charge in [0.05, 0.1) is 5.60 Å². The highest BCUT2D eigenvalue weighted by Crippen LogP contribution is 2.31. The summed E-state index contributed by atoms with van der Waals surface area (Å²) in [7, 11) is 1.76. The minimum Gasteiger partial charge on any atom is -0.508 e. The molecular formula is C27H46N2O2.